The molecule has 0 heterocycles. The van der Waals surface area contributed by atoms with Gasteiger partial charge >= 0.3 is 0 Å². The van der Waals surface area contributed by atoms with E-state index in [1.165, 1.54) is 32.1 Å². The van der Waals surface area contributed by atoms with Crippen LogP contribution in [0.5, 0.6) is 0 Å². The smallest absolute Gasteiger partial charge is 0.155 e. The maximum absolute atomic E-state index is 12.0. The zero-order chi connectivity index (χ0) is 17.1. The number of carbonyl (C=O) groups excluding carboxylic acids is 1. The Morgan fingerprint density at radius 2 is 1.88 bits per heavy atom. The van der Waals surface area contributed by atoms with Gasteiger partial charge in [0.1, 0.15) is 0 Å². The molecular formula is C21H34N2O. The average Bonchev–Trinajstić information content (AvgIpc) is 2.91. The molecule has 0 aromatic carbocycles. The van der Waals surface area contributed by atoms with E-state index in [4.69, 9.17) is 0 Å². The number of allylic oxidation sites excluding steroid dienone is 2. The highest BCUT2D eigenvalue weighted by Gasteiger charge is 2.61. The minimum Gasteiger partial charge on any atom is -0.317 e. The molecule has 3 heteroatoms. The number of carbonyl (C=O) groups is 1. The number of hydrogen-bond donors (Lipinski definition) is 2. The van der Waals surface area contributed by atoms with Gasteiger partial charge in [-0.05, 0) is 86.8 Å². The number of ketones is 1. The van der Waals surface area contributed by atoms with Gasteiger partial charge < -0.3 is 10.6 Å². The summed E-state index contributed by atoms with van der Waals surface area (Å²) in [5, 5.41) is 7.30. The highest BCUT2D eigenvalue weighted by atomic mass is 16.1. The predicted octanol–water partition coefficient (Wildman–Crippen LogP) is 3.16. The SMILES string of the molecule is CNC1CC2CC(=O)C=C[C@]2(C)[C@@H]2CC[C@]3(C)C(NC)CC[C@H]3[C@H]12. The summed E-state index contributed by atoms with van der Waals surface area (Å²) in [6.45, 7) is 5.00. The van der Waals surface area contributed by atoms with Crippen molar-refractivity contribution in [1.82, 2.24) is 10.6 Å². The molecule has 0 aromatic rings. The Bertz CT molecular complexity index is 558. The molecule has 0 aromatic heterocycles. The third kappa shape index (κ3) is 2.13. The van der Waals surface area contributed by atoms with Gasteiger partial charge in [0.25, 0.3) is 0 Å². The van der Waals surface area contributed by atoms with Crippen molar-refractivity contribution < 1.29 is 4.79 Å². The lowest BCUT2D eigenvalue weighted by Gasteiger charge is -2.61. The van der Waals surface area contributed by atoms with Gasteiger partial charge in [0.15, 0.2) is 5.78 Å². The van der Waals surface area contributed by atoms with E-state index in [1.807, 2.05) is 6.08 Å². The molecule has 3 unspecified atom stereocenters. The van der Waals surface area contributed by atoms with Crippen molar-refractivity contribution in [3.05, 3.63) is 12.2 Å². The minimum atomic E-state index is 0.227. The van der Waals surface area contributed by atoms with E-state index in [9.17, 15) is 4.79 Å². The molecule has 4 aliphatic rings. The van der Waals surface area contributed by atoms with Gasteiger partial charge in [0.05, 0.1) is 0 Å². The topological polar surface area (TPSA) is 41.1 Å². The lowest BCUT2D eigenvalue weighted by Crippen LogP contribution is -2.61. The lowest BCUT2D eigenvalue weighted by molar-refractivity contribution is -0.124. The molecule has 4 aliphatic carbocycles. The zero-order valence-electron chi connectivity index (χ0n) is 15.8. The second-order valence-corrected chi connectivity index (χ2v) is 9.45. The summed E-state index contributed by atoms with van der Waals surface area (Å²) in [4.78, 5) is 12.0. The fourth-order valence-corrected chi connectivity index (χ4v) is 7.43. The summed E-state index contributed by atoms with van der Waals surface area (Å²) in [5.41, 5.74) is 0.674. The van der Waals surface area contributed by atoms with E-state index < -0.39 is 0 Å². The fraction of sp³-hybridized carbons (Fsp3) is 0.857. The first-order valence-corrected chi connectivity index (χ1v) is 10.0. The van der Waals surface area contributed by atoms with Crippen molar-refractivity contribution in [3.63, 3.8) is 0 Å². The van der Waals surface area contributed by atoms with E-state index in [2.05, 4.69) is 44.7 Å². The number of rotatable bonds is 2. The van der Waals surface area contributed by atoms with E-state index in [1.54, 1.807) is 0 Å². The van der Waals surface area contributed by atoms with Crippen molar-refractivity contribution in [3.8, 4) is 0 Å². The molecular weight excluding hydrogens is 296 g/mol. The highest BCUT2D eigenvalue weighted by Crippen LogP contribution is 2.64. The summed E-state index contributed by atoms with van der Waals surface area (Å²) in [6, 6.07) is 1.25. The van der Waals surface area contributed by atoms with Crippen LogP contribution in [0.25, 0.3) is 0 Å². The quantitative estimate of drug-likeness (QED) is 0.817. The molecule has 4 rings (SSSR count). The van der Waals surface area contributed by atoms with Gasteiger partial charge in [-0.25, -0.2) is 0 Å². The summed E-state index contributed by atoms with van der Waals surface area (Å²) >= 11 is 0. The summed E-state index contributed by atoms with van der Waals surface area (Å²) in [7, 11) is 4.29. The van der Waals surface area contributed by atoms with Crippen LogP contribution in [0.15, 0.2) is 12.2 Å². The Balaban J connectivity index is 1.72. The van der Waals surface area contributed by atoms with Crippen molar-refractivity contribution in [2.75, 3.05) is 14.1 Å². The maximum Gasteiger partial charge on any atom is 0.155 e. The Kier molecular flexibility index (Phi) is 3.96. The summed E-state index contributed by atoms with van der Waals surface area (Å²) in [5.74, 6) is 3.16. The lowest BCUT2D eigenvalue weighted by atomic mass is 9.45. The van der Waals surface area contributed by atoms with Crippen LogP contribution < -0.4 is 10.6 Å². The van der Waals surface area contributed by atoms with Crippen LogP contribution in [0.3, 0.4) is 0 Å². The van der Waals surface area contributed by atoms with E-state index in [0.29, 0.717) is 29.2 Å². The van der Waals surface area contributed by atoms with Gasteiger partial charge in [-0.2, -0.15) is 0 Å². The Hall–Kier alpha value is -0.670. The largest absolute Gasteiger partial charge is 0.317 e. The van der Waals surface area contributed by atoms with Crippen molar-refractivity contribution >= 4 is 5.78 Å². The van der Waals surface area contributed by atoms with E-state index in [-0.39, 0.29) is 5.41 Å². The molecule has 0 aliphatic heterocycles. The first kappa shape index (κ1) is 16.8. The second kappa shape index (κ2) is 5.67. The average molecular weight is 331 g/mol. The molecule has 3 fully saturated rings. The van der Waals surface area contributed by atoms with Crippen LogP contribution in [0.4, 0.5) is 0 Å². The Morgan fingerprint density at radius 1 is 1.08 bits per heavy atom. The van der Waals surface area contributed by atoms with Crippen LogP contribution in [0.2, 0.25) is 0 Å². The number of nitrogens with one attached hydrogen (secondary N) is 2. The molecule has 0 bridgehead atoms. The van der Waals surface area contributed by atoms with Gasteiger partial charge in [0, 0.05) is 18.5 Å². The van der Waals surface area contributed by atoms with E-state index in [0.717, 1.165) is 24.2 Å². The first-order chi connectivity index (χ1) is 11.4. The molecule has 24 heavy (non-hydrogen) atoms. The van der Waals surface area contributed by atoms with Crippen LogP contribution in [-0.2, 0) is 4.79 Å². The maximum atomic E-state index is 12.0. The first-order valence-electron chi connectivity index (χ1n) is 10.0. The van der Waals surface area contributed by atoms with E-state index >= 15 is 0 Å². The molecule has 3 nitrogen and oxygen atoms in total. The summed E-state index contributed by atoms with van der Waals surface area (Å²) < 4.78 is 0. The summed E-state index contributed by atoms with van der Waals surface area (Å²) in [6.07, 6.45) is 11.5. The minimum absolute atomic E-state index is 0.227. The van der Waals surface area contributed by atoms with Gasteiger partial charge in [-0.3, -0.25) is 4.79 Å². The fourth-order valence-electron chi connectivity index (χ4n) is 7.43. The normalized spacial score (nSPS) is 53.4. The number of fused-ring (bicyclic) bond motifs is 5. The Morgan fingerprint density at radius 3 is 2.58 bits per heavy atom. The third-order valence-electron chi connectivity index (χ3n) is 8.81. The van der Waals surface area contributed by atoms with Crippen LogP contribution in [0.1, 0.15) is 52.4 Å². The molecule has 0 saturated heterocycles. The second-order valence-electron chi connectivity index (χ2n) is 9.45. The molecule has 0 radical (unpaired) electrons. The molecule has 0 spiro atoms. The predicted molar refractivity (Wildman–Crippen MR) is 97.7 cm³/mol. The van der Waals surface area contributed by atoms with Crippen LogP contribution in [0, 0.1) is 34.5 Å². The monoisotopic (exact) mass is 330 g/mol. The van der Waals surface area contributed by atoms with Crippen molar-refractivity contribution in [2.45, 2.75) is 64.5 Å². The van der Waals surface area contributed by atoms with Crippen molar-refractivity contribution in [2.24, 2.45) is 34.5 Å². The third-order valence-corrected chi connectivity index (χ3v) is 8.81. The van der Waals surface area contributed by atoms with Gasteiger partial charge in [-0.1, -0.05) is 19.9 Å². The Labute approximate surface area is 147 Å². The van der Waals surface area contributed by atoms with Gasteiger partial charge in [-0.15, -0.1) is 0 Å². The van der Waals surface area contributed by atoms with Crippen LogP contribution in [-0.4, -0.2) is 32.0 Å². The molecule has 2 N–H and O–H groups in total. The molecule has 134 valence electrons. The molecule has 8 atom stereocenters. The van der Waals surface area contributed by atoms with Crippen molar-refractivity contribution in [1.29, 1.82) is 0 Å². The molecule has 3 saturated carbocycles. The number of hydrogen-bond acceptors (Lipinski definition) is 3. The molecule has 0 amide bonds. The highest BCUT2D eigenvalue weighted by molar-refractivity contribution is 5.91. The van der Waals surface area contributed by atoms with Crippen LogP contribution >= 0.6 is 0 Å². The van der Waals surface area contributed by atoms with Gasteiger partial charge in [0.2, 0.25) is 0 Å². The standard InChI is InChI=1S/C21H34N2O/c1-20-9-7-14(24)11-13(20)12-17(22-3)19-15-5-6-18(23-4)21(15,2)10-8-16(19)20/h7,9,13,15-19,22-23H,5-6,8,10-12H2,1-4H3/t13?,15-,16+,17?,18?,19-,20-,21-/m0/s1. The zero-order valence-corrected chi connectivity index (χ0v) is 15.8.